The van der Waals surface area contributed by atoms with Gasteiger partial charge in [0.25, 0.3) is 0 Å². The van der Waals surface area contributed by atoms with Gasteiger partial charge in [-0.2, -0.15) is 0 Å². The van der Waals surface area contributed by atoms with Gasteiger partial charge in [-0.3, -0.25) is 4.79 Å². The third-order valence-corrected chi connectivity index (χ3v) is 3.53. The van der Waals surface area contributed by atoms with E-state index in [1.807, 2.05) is 12.1 Å². The van der Waals surface area contributed by atoms with E-state index in [9.17, 15) is 4.79 Å². The van der Waals surface area contributed by atoms with Crippen LogP contribution in [0.3, 0.4) is 0 Å². The Balaban J connectivity index is 1.88. The molecule has 0 radical (unpaired) electrons. The summed E-state index contributed by atoms with van der Waals surface area (Å²) in [6, 6.07) is 12.7. The lowest BCUT2D eigenvalue weighted by atomic mass is 10.1. The van der Waals surface area contributed by atoms with Gasteiger partial charge < -0.3 is 24.3 Å². The zero-order valence-electron chi connectivity index (χ0n) is 14.7. The van der Waals surface area contributed by atoms with Crippen molar-refractivity contribution in [2.24, 2.45) is 0 Å². The fourth-order valence-corrected chi connectivity index (χ4v) is 2.25. The number of hydrogen-bond donors (Lipinski definition) is 1. The van der Waals surface area contributed by atoms with Gasteiger partial charge in [-0.25, -0.2) is 0 Å². The summed E-state index contributed by atoms with van der Waals surface area (Å²) in [4.78, 5) is 12.1. The first-order valence-electron chi connectivity index (χ1n) is 7.88. The number of anilines is 1. The number of benzene rings is 2. The molecule has 0 fully saturated rings. The SMILES string of the molecule is COCOc1ccc(NC(=O)CCc2cc(OC)cc(OC)c2)cc1. The minimum absolute atomic E-state index is 0.0626. The quantitative estimate of drug-likeness (QED) is 0.707. The van der Waals surface area contributed by atoms with Gasteiger partial charge in [0.1, 0.15) is 17.2 Å². The Hall–Kier alpha value is -2.73. The summed E-state index contributed by atoms with van der Waals surface area (Å²) < 4.78 is 20.6. The molecule has 0 saturated carbocycles. The number of rotatable bonds is 9. The third kappa shape index (κ3) is 6.00. The molecule has 0 spiro atoms. The highest BCUT2D eigenvalue weighted by Crippen LogP contribution is 2.23. The Morgan fingerprint density at radius 1 is 0.920 bits per heavy atom. The summed E-state index contributed by atoms with van der Waals surface area (Å²) in [5.41, 5.74) is 1.70. The highest BCUT2D eigenvalue weighted by Gasteiger charge is 2.07. The van der Waals surface area contributed by atoms with Gasteiger partial charge >= 0.3 is 0 Å². The van der Waals surface area contributed by atoms with Crippen molar-refractivity contribution in [3.63, 3.8) is 0 Å². The molecular weight excluding hydrogens is 322 g/mol. The second-order valence-electron chi connectivity index (χ2n) is 5.34. The van der Waals surface area contributed by atoms with E-state index in [1.54, 1.807) is 51.7 Å². The predicted molar refractivity (Wildman–Crippen MR) is 95.4 cm³/mol. The Labute approximate surface area is 147 Å². The van der Waals surface area contributed by atoms with E-state index in [0.717, 1.165) is 11.3 Å². The van der Waals surface area contributed by atoms with E-state index in [1.165, 1.54) is 0 Å². The molecule has 0 aliphatic carbocycles. The Kier molecular flexibility index (Phi) is 7.10. The van der Waals surface area contributed by atoms with Crippen molar-refractivity contribution in [1.82, 2.24) is 0 Å². The maximum atomic E-state index is 12.1. The molecule has 134 valence electrons. The summed E-state index contributed by atoms with van der Waals surface area (Å²) in [5.74, 6) is 2.04. The van der Waals surface area contributed by atoms with E-state index in [-0.39, 0.29) is 12.7 Å². The van der Waals surface area contributed by atoms with E-state index in [4.69, 9.17) is 18.9 Å². The van der Waals surface area contributed by atoms with Crippen LogP contribution in [-0.2, 0) is 16.0 Å². The van der Waals surface area contributed by atoms with Crippen LogP contribution >= 0.6 is 0 Å². The molecule has 1 amide bonds. The van der Waals surface area contributed by atoms with Crippen molar-refractivity contribution in [1.29, 1.82) is 0 Å². The Morgan fingerprint density at radius 2 is 1.56 bits per heavy atom. The summed E-state index contributed by atoms with van der Waals surface area (Å²) in [7, 11) is 4.77. The standard InChI is InChI=1S/C19H23NO5/c1-22-13-25-16-7-5-15(6-8-16)20-19(21)9-4-14-10-17(23-2)12-18(11-14)24-3/h5-8,10-12H,4,9,13H2,1-3H3,(H,20,21). The normalized spacial score (nSPS) is 10.2. The first kappa shape index (κ1) is 18.6. The maximum absolute atomic E-state index is 12.1. The maximum Gasteiger partial charge on any atom is 0.224 e. The number of carbonyl (C=O) groups excluding carboxylic acids is 1. The first-order valence-corrected chi connectivity index (χ1v) is 7.88. The average Bonchev–Trinajstić information content (AvgIpc) is 2.65. The molecule has 0 aromatic heterocycles. The second kappa shape index (κ2) is 9.54. The lowest BCUT2D eigenvalue weighted by Crippen LogP contribution is -2.12. The number of aryl methyl sites for hydroxylation is 1. The first-order chi connectivity index (χ1) is 12.1. The molecule has 6 nitrogen and oxygen atoms in total. The number of carbonyl (C=O) groups is 1. The van der Waals surface area contributed by atoms with E-state index >= 15 is 0 Å². The van der Waals surface area contributed by atoms with E-state index in [0.29, 0.717) is 30.1 Å². The topological polar surface area (TPSA) is 66.0 Å². The molecule has 2 rings (SSSR count). The van der Waals surface area contributed by atoms with Gasteiger partial charge in [-0.15, -0.1) is 0 Å². The van der Waals surface area contributed by atoms with Crippen LogP contribution in [0.2, 0.25) is 0 Å². The molecule has 0 unspecified atom stereocenters. The van der Waals surface area contributed by atoms with Crippen LogP contribution in [0.1, 0.15) is 12.0 Å². The zero-order chi connectivity index (χ0) is 18.1. The largest absolute Gasteiger partial charge is 0.497 e. The van der Waals surface area contributed by atoms with Crippen LogP contribution in [0.15, 0.2) is 42.5 Å². The monoisotopic (exact) mass is 345 g/mol. The van der Waals surface area contributed by atoms with Crippen molar-refractivity contribution >= 4 is 11.6 Å². The van der Waals surface area contributed by atoms with Gasteiger partial charge in [0, 0.05) is 25.3 Å². The fourth-order valence-electron chi connectivity index (χ4n) is 2.25. The summed E-state index contributed by atoms with van der Waals surface area (Å²) in [5, 5.41) is 2.86. The van der Waals surface area contributed by atoms with Gasteiger partial charge in [-0.05, 0) is 48.4 Å². The van der Waals surface area contributed by atoms with E-state index in [2.05, 4.69) is 5.32 Å². The number of amides is 1. The molecule has 0 aliphatic rings. The molecule has 6 heteroatoms. The minimum atomic E-state index is -0.0626. The van der Waals surface area contributed by atoms with E-state index < -0.39 is 0 Å². The van der Waals surface area contributed by atoms with Gasteiger partial charge in [0.05, 0.1) is 14.2 Å². The zero-order valence-corrected chi connectivity index (χ0v) is 14.7. The predicted octanol–water partition coefficient (Wildman–Crippen LogP) is 3.26. The molecule has 0 aliphatic heterocycles. The molecule has 0 bridgehead atoms. The van der Waals surface area contributed by atoms with Crippen molar-refractivity contribution in [3.8, 4) is 17.2 Å². The van der Waals surface area contributed by atoms with Crippen LogP contribution in [-0.4, -0.2) is 34.0 Å². The summed E-state index contributed by atoms with van der Waals surface area (Å²) >= 11 is 0. The molecule has 25 heavy (non-hydrogen) atoms. The molecule has 0 atom stereocenters. The summed E-state index contributed by atoms with van der Waals surface area (Å²) in [6.07, 6.45) is 0.951. The lowest BCUT2D eigenvalue weighted by Gasteiger charge is -2.09. The number of methoxy groups -OCH3 is 3. The molecule has 1 N–H and O–H groups in total. The Bertz CT molecular complexity index is 662. The average molecular weight is 345 g/mol. The van der Waals surface area contributed by atoms with Crippen LogP contribution in [0, 0.1) is 0 Å². The molecule has 0 saturated heterocycles. The number of hydrogen-bond acceptors (Lipinski definition) is 5. The van der Waals surface area contributed by atoms with Crippen molar-refractivity contribution in [3.05, 3.63) is 48.0 Å². The second-order valence-corrected chi connectivity index (χ2v) is 5.34. The van der Waals surface area contributed by atoms with Gasteiger partial charge in [0.2, 0.25) is 5.91 Å². The molecular formula is C19H23NO5. The van der Waals surface area contributed by atoms with Crippen molar-refractivity contribution < 1.29 is 23.7 Å². The molecule has 0 heterocycles. The smallest absolute Gasteiger partial charge is 0.224 e. The minimum Gasteiger partial charge on any atom is -0.497 e. The van der Waals surface area contributed by atoms with Gasteiger partial charge in [0.15, 0.2) is 6.79 Å². The van der Waals surface area contributed by atoms with Crippen LogP contribution < -0.4 is 19.5 Å². The summed E-state index contributed by atoms with van der Waals surface area (Å²) in [6.45, 7) is 0.190. The number of ether oxygens (including phenoxy) is 4. The molecule has 2 aromatic carbocycles. The van der Waals surface area contributed by atoms with Crippen LogP contribution in [0.5, 0.6) is 17.2 Å². The lowest BCUT2D eigenvalue weighted by molar-refractivity contribution is -0.116. The van der Waals surface area contributed by atoms with Crippen molar-refractivity contribution in [2.75, 3.05) is 33.4 Å². The third-order valence-electron chi connectivity index (χ3n) is 3.53. The highest BCUT2D eigenvalue weighted by molar-refractivity contribution is 5.90. The highest BCUT2D eigenvalue weighted by atomic mass is 16.7. The number of nitrogens with one attached hydrogen (secondary N) is 1. The van der Waals surface area contributed by atoms with Crippen LogP contribution in [0.4, 0.5) is 5.69 Å². The molecule has 2 aromatic rings. The fraction of sp³-hybridized carbons (Fsp3) is 0.316. The van der Waals surface area contributed by atoms with Crippen LogP contribution in [0.25, 0.3) is 0 Å². The van der Waals surface area contributed by atoms with Crippen molar-refractivity contribution in [2.45, 2.75) is 12.8 Å². The Morgan fingerprint density at radius 3 is 2.12 bits per heavy atom. The van der Waals surface area contributed by atoms with Gasteiger partial charge in [-0.1, -0.05) is 0 Å².